The summed E-state index contributed by atoms with van der Waals surface area (Å²) in [7, 11) is -1.93. The van der Waals surface area contributed by atoms with Gasteiger partial charge in [0.05, 0.1) is 53.3 Å². The number of unbranched alkanes of at least 4 members (excludes halogenated alkanes) is 4. The van der Waals surface area contributed by atoms with Crippen LogP contribution in [0.2, 0.25) is 0 Å². The number of carbonyl (C=O) groups excluding carboxylic acids is 7. The number of phenols is 1. The lowest BCUT2D eigenvalue weighted by atomic mass is 9.99. The Kier molecular flexibility index (Phi) is 28.9. The molecule has 14 N–H and O–H groups in total. The quantitative estimate of drug-likeness (QED) is 0.0118. The predicted octanol–water partition coefficient (Wildman–Crippen LogP) is -0.433. The zero-order valence-electron chi connectivity index (χ0n) is 53.5. The first-order valence-corrected chi connectivity index (χ1v) is 33.7. The van der Waals surface area contributed by atoms with Gasteiger partial charge < -0.3 is 95.6 Å². The first-order chi connectivity index (χ1) is 46.3. The van der Waals surface area contributed by atoms with Crippen LogP contribution < -0.4 is 36.1 Å². The van der Waals surface area contributed by atoms with Crippen molar-refractivity contribution in [2.45, 2.75) is 149 Å². The summed E-state index contributed by atoms with van der Waals surface area (Å²) < 4.78 is 51.1. The molecule has 0 radical (unpaired) electrons. The van der Waals surface area contributed by atoms with E-state index in [9.17, 15) is 77.7 Å². The largest absolute Gasteiger partial charge is 0.504 e. The molecule has 35 heteroatoms. The molecule has 0 aliphatic carbocycles. The van der Waals surface area contributed by atoms with Crippen LogP contribution in [0.5, 0.6) is 11.5 Å². The summed E-state index contributed by atoms with van der Waals surface area (Å²) in [4.78, 5) is 106. The third-order valence-corrected chi connectivity index (χ3v) is 18.8. The molecule has 4 aromatic rings. The number of phenolic OH excluding ortho intramolecular Hbond substituents is 1. The van der Waals surface area contributed by atoms with Crippen LogP contribution in [0.1, 0.15) is 81.1 Å². The molecule has 1 aromatic heterocycles. The highest BCUT2D eigenvalue weighted by Gasteiger charge is 2.49. The fourth-order valence-corrected chi connectivity index (χ4v) is 12.9. The predicted molar refractivity (Wildman–Crippen MR) is 342 cm³/mol. The Morgan fingerprint density at radius 1 is 0.845 bits per heavy atom. The highest BCUT2D eigenvalue weighted by atomic mass is 32.2. The first kappa shape index (κ1) is 76.5. The Bertz CT molecular complexity index is 3420. The number of benzene rings is 3. The van der Waals surface area contributed by atoms with Gasteiger partial charge >= 0.3 is 6.09 Å². The summed E-state index contributed by atoms with van der Waals surface area (Å²) in [5.41, 5.74) is 0.959. The Labute approximate surface area is 562 Å². The van der Waals surface area contributed by atoms with E-state index in [2.05, 4.69) is 58.0 Å². The van der Waals surface area contributed by atoms with Crippen molar-refractivity contribution in [1.29, 1.82) is 0 Å². The molecule has 97 heavy (non-hydrogen) atoms. The molecule has 0 saturated carbocycles. The van der Waals surface area contributed by atoms with Crippen LogP contribution in [-0.4, -0.2) is 243 Å². The topological polar surface area (TPSA) is 479 Å². The summed E-state index contributed by atoms with van der Waals surface area (Å²) in [6.07, 6.45) is -7.31. The summed E-state index contributed by atoms with van der Waals surface area (Å²) in [6, 6.07) is 5.12. The van der Waals surface area contributed by atoms with Crippen LogP contribution >= 0.6 is 12.3 Å². The molecule has 33 nitrogen and oxygen atoms in total. The lowest BCUT2D eigenvalue weighted by Gasteiger charge is -2.34. The maximum absolute atomic E-state index is 15.0. The molecular formula is C62H84N10O23S2. The number of amides is 7. The van der Waals surface area contributed by atoms with E-state index < -0.39 is 168 Å². The Balaban J connectivity index is 1.16. The highest BCUT2D eigenvalue weighted by molar-refractivity contribution is 7.91. The first-order valence-electron chi connectivity index (χ1n) is 31.4. The molecule has 7 amide bonds. The standard InChI is InChI=1S/C62H84N10O23S2/c1-5-23-91-62(86)63-22-21-47(77)51-61(85)72-32-34(2)53(79)52(72)58(83)65-30-40(74)28-43(66-55(80)38-14-12-37(13-15-38)54-69-59(92-70-54)39-16-18-42(19-17-39)97(88,89)25-10-8-6-7-9-24-90-4)56(81)68-50(35(3)73)60(84)71-33-41(75)29-45(71)57(82)67-44(31-64-51)48(78)26-36-11-20-46(76)49(27-36)93-96-95-94-87/h5,11-20,27,34-35,40-41,43-45,47-48,50-53,64,73-79,87H,1,6-10,21-26,28-33H2,2-4H3,(H,63,86)(H,65,83)(H,66,80)(H,67,82)(H,68,81)/t34-,35+,40+,41+,43+,44-,45+,47-,48-,50+,51+,52+,53+/m1/s1. The number of sulfone groups is 1. The monoisotopic (exact) mass is 1400 g/mol. The number of alkyl carbamates (subject to hydrolysis) is 1. The molecule has 0 unspecified atom stereocenters. The summed E-state index contributed by atoms with van der Waals surface area (Å²) in [6.45, 7) is 4.24. The number of nitrogens with zero attached hydrogens (tertiary/aromatic N) is 4. The van der Waals surface area contributed by atoms with Crippen LogP contribution in [0.4, 0.5) is 4.79 Å². The molecule has 7 rings (SSSR count). The number of β-amino-alcohol motifs (C(OH)–C–C–N with tert-alkyl or cyclic N) is 1. The van der Waals surface area contributed by atoms with E-state index in [4.69, 9.17) is 23.4 Å². The highest BCUT2D eigenvalue weighted by Crippen LogP contribution is 2.32. The molecule has 3 fully saturated rings. The van der Waals surface area contributed by atoms with Gasteiger partial charge in [-0.25, -0.2) is 18.5 Å². The van der Waals surface area contributed by atoms with E-state index in [1.54, 1.807) is 19.2 Å². The van der Waals surface area contributed by atoms with Gasteiger partial charge in [-0.2, -0.15) is 4.98 Å². The van der Waals surface area contributed by atoms with Gasteiger partial charge in [0, 0.05) is 88.3 Å². The van der Waals surface area contributed by atoms with Gasteiger partial charge in [0.1, 0.15) is 36.8 Å². The maximum Gasteiger partial charge on any atom is 0.407 e. The van der Waals surface area contributed by atoms with Gasteiger partial charge in [-0.15, -0.1) is 0 Å². The van der Waals surface area contributed by atoms with E-state index in [0.29, 0.717) is 24.2 Å². The van der Waals surface area contributed by atoms with Gasteiger partial charge in [-0.1, -0.05) is 71.6 Å². The lowest BCUT2D eigenvalue weighted by molar-refractivity contribution is -0.433. The van der Waals surface area contributed by atoms with E-state index >= 15 is 0 Å². The fraction of sp³-hybridized carbons (Fsp3) is 0.532. The number of hydrogen-bond acceptors (Lipinski definition) is 27. The zero-order valence-corrected chi connectivity index (χ0v) is 55.1. The van der Waals surface area contributed by atoms with Crippen molar-refractivity contribution in [3.63, 3.8) is 0 Å². The molecule has 0 spiro atoms. The number of rotatable bonds is 27. The van der Waals surface area contributed by atoms with E-state index in [0.717, 1.165) is 42.4 Å². The third-order valence-electron chi connectivity index (χ3n) is 16.6. The van der Waals surface area contributed by atoms with Gasteiger partial charge in [0.2, 0.25) is 35.4 Å². The van der Waals surface area contributed by atoms with Gasteiger partial charge in [0.25, 0.3) is 24.1 Å². The Hall–Kier alpha value is -7.91. The minimum absolute atomic E-state index is 0.0129. The van der Waals surface area contributed by atoms with Crippen molar-refractivity contribution in [3.8, 4) is 34.3 Å². The number of hydrogen-bond donors (Lipinski definition) is 14. The molecule has 4 heterocycles. The van der Waals surface area contributed by atoms with Gasteiger partial charge in [0.15, 0.2) is 21.3 Å². The van der Waals surface area contributed by atoms with Crippen LogP contribution in [0.15, 0.2) is 88.8 Å². The molecule has 3 aliphatic heterocycles. The van der Waals surface area contributed by atoms with Crippen molar-refractivity contribution >= 4 is 63.7 Å². The van der Waals surface area contributed by atoms with E-state index in [-0.39, 0.29) is 84.1 Å². The van der Waals surface area contributed by atoms with Crippen molar-refractivity contribution in [2.75, 3.05) is 58.8 Å². The second kappa shape index (κ2) is 36.6. The molecule has 3 aromatic carbocycles. The fourth-order valence-electron chi connectivity index (χ4n) is 11.3. The number of fused-ring (bicyclic) bond motifs is 2. The number of carbonyl (C=O) groups is 7. The van der Waals surface area contributed by atoms with E-state index in [1.165, 1.54) is 67.6 Å². The lowest BCUT2D eigenvalue weighted by Crippen LogP contribution is -2.62. The number of methoxy groups -OCH3 is 1. The molecule has 3 saturated heterocycles. The molecule has 13 atom stereocenters. The minimum Gasteiger partial charge on any atom is -0.504 e. The number of aromatic hydroxyl groups is 1. The van der Waals surface area contributed by atoms with Crippen LogP contribution in [0, 0.1) is 5.92 Å². The minimum atomic E-state index is -3.56. The second-order valence-corrected chi connectivity index (χ2v) is 26.4. The van der Waals surface area contributed by atoms with Crippen LogP contribution in [-0.2, 0) is 59.1 Å². The van der Waals surface area contributed by atoms with Gasteiger partial charge in [-0.3, -0.25) is 28.8 Å². The smallest absolute Gasteiger partial charge is 0.407 e. The van der Waals surface area contributed by atoms with Crippen LogP contribution in [0.25, 0.3) is 22.8 Å². The average molecular weight is 1400 g/mol. The number of aliphatic hydroxyl groups is 6. The molecular weight excluding hydrogens is 1320 g/mol. The van der Waals surface area contributed by atoms with Crippen molar-refractivity contribution in [2.24, 2.45) is 5.92 Å². The van der Waals surface area contributed by atoms with E-state index in [1.807, 2.05) is 0 Å². The Morgan fingerprint density at radius 2 is 1.55 bits per heavy atom. The molecule has 0 bridgehead atoms. The summed E-state index contributed by atoms with van der Waals surface area (Å²) in [5.74, 6) is -7.55. The van der Waals surface area contributed by atoms with Crippen molar-refractivity contribution in [1.82, 2.24) is 51.8 Å². The van der Waals surface area contributed by atoms with Crippen molar-refractivity contribution < 1.29 is 111 Å². The second-order valence-electron chi connectivity index (χ2n) is 23.8. The molecule has 532 valence electrons. The zero-order chi connectivity index (χ0) is 70.5. The third kappa shape index (κ3) is 21.3. The van der Waals surface area contributed by atoms with Gasteiger partial charge in [-0.05, 0) is 80.3 Å². The van der Waals surface area contributed by atoms with Crippen molar-refractivity contribution in [3.05, 3.63) is 90.5 Å². The molecule has 3 aliphatic rings. The SMILES string of the molecule is C=CCOC(=O)NCC[C@@H](O)[C@@H]1NC[C@H]([C@H](O)Cc2ccc(O)c(OSOOO)c2)NC(=O)[C@@H]2C[C@H](O)CN2C(=O)[C@H]([C@H](C)O)NC(=O)[C@@H](NC(=O)c2ccc(-c3noc(-c4ccc(S(=O)(=O)CCCCCCCOC)cc4)n3)cc2)C[C@H](O)CNC(=O)[C@@H]2[C@@H](O)[C@H](C)CN2C1=O. The number of nitrogens with one attached hydrogen (secondary N) is 6. The number of aliphatic hydroxyl groups excluding tert-OH is 6. The summed E-state index contributed by atoms with van der Waals surface area (Å²) >= 11 is 0.105. The number of aromatic nitrogens is 2. The summed E-state index contributed by atoms with van der Waals surface area (Å²) in [5, 5.41) is 111. The number of ether oxygens (including phenoxy) is 2. The van der Waals surface area contributed by atoms with Crippen LogP contribution in [0.3, 0.4) is 0 Å². The maximum atomic E-state index is 15.0. The Morgan fingerprint density at radius 3 is 2.25 bits per heavy atom. The average Bonchev–Trinajstić information content (AvgIpc) is 1.71. The normalized spacial score (nSPS) is 24.1.